The lowest BCUT2D eigenvalue weighted by Gasteiger charge is -2.35. The minimum absolute atomic E-state index is 0.000325. The standard InChI is InChI=1S/C15H19NO3/c1-11(17)10-12-6-4-5-9-16(12)15(19)13-7-2-3-8-14(13)18/h2-3,7-8,12,18H,4-6,9-10H2,1H3. The number of benzene rings is 1. The molecule has 1 saturated heterocycles. The van der Waals surface area contributed by atoms with E-state index >= 15 is 0 Å². The maximum atomic E-state index is 12.5. The van der Waals surface area contributed by atoms with E-state index in [0.717, 1.165) is 19.3 Å². The highest BCUT2D eigenvalue weighted by atomic mass is 16.3. The number of Topliss-reactive ketones (excluding diaryl/α,β-unsaturated/α-hetero) is 1. The number of aromatic hydroxyl groups is 1. The molecule has 1 heterocycles. The Hall–Kier alpha value is -1.84. The Kier molecular flexibility index (Phi) is 4.20. The van der Waals surface area contributed by atoms with Crippen molar-refractivity contribution in [1.29, 1.82) is 0 Å². The van der Waals surface area contributed by atoms with E-state index in [1.165, 1.54) is 6.07 Å². The van der Waals surface area contributed by atoms with Crippen LogP contribution < -0.4 is 0 Å². The molecule has 0 spiro atoms. The largest absolute Gasteiger partial charge is 0.507 e. The van der Waals surface area contributed by atoms with E-state index in [2.05, 4.69) is 0 Å². The topological polar surface area (TPSA) is 57.6 Å². The van der Waals surface area contributed by atoms with Gasteiger partial charge in [-0.2, -0.15) is 0 Å². The highest BCUT2D eigenvalue weighted by Crippen LogP contribution is 2.25. The molecule has 0 radical (unpaired) electrons. The summed E-state index contributed by atoms with van der Waals surface area (Å²) in [6, 6.07) is 6.53. The first-order valence-electron chi connectivity index (χ1n) is 6.68. The van der Waals surface area contributed by atoms with Crippen LogP contribution in [0.5, 0.6) is 5.75 Å². The molecule has 1 fully saturated rings. The van der Waals surface area contributed by atoms with Gasteiger partial charge >= 0.3 is 0 Å². The maximum Gasteiger partial charge on any atom is 0.257 e. The molecule has 1 unspecified atom stereocenters. The van der Waals surface area contributed by atoms with E-state index in [0.29, 0.717) is 18.5 Å². The van der Waals surface area contributed by atoms with Gasteiger partial charge < -0.3 is 10.0 Å². The predicted octanol–water partition coefficient (Wildman–Crippen LogP) is 2.37. The number of hydrogen-bond donors (Lipinski definition) is 1. The minimum atomic E-state index is -0.177. The molecular formula is C15H19NO3. The number of phenolic OH excluding ortho intramolecular Hbond substituents is 1. The summed E-state index contributed by atoms with van der Waals surface area (Å²) < 4.78 is 0. The molecule has 19 heavy (non-hydrogen) atoms. The van der Waals surface area contributed by atoms with Crippen LogP contribution in [0.4, 0.5) is 0 Å². The summed E-state index contributed by atoms with van der Waals surface area (Å²) in [5.41, 5.74) is 0.318. The summed E-state index contributed by atoms with van der Waals surface area (Å²) in [5, 5.41) is 9.77. The summed E-state index contributed by atoms with van der Waals surface area (Å²) in [6.45, 7) is 2.21. The molecule has 102 valence electrons. The maximum absolute atomic E-state index is 12.5. The fraction of sp³-hybridized carbons (Fsp3) is 0.467. The van der Waals surface area contributed by atoms with Crippen molar-refractivity contribution in [1.82, 2.24) is 4.90 Å². The van der Waals surface area contributed by atoms with Gasteiger partial charge in [-0.3, -0.25) is 9.59 Å². The van der Waals surface area contributed by atoms with Gasteiger partial charge in [0.1, 0.15) is 11.5 Å². The molecule has 1 aromatic rings. The normalized spacial score (nSPS) is 19.2. The zero-order valence-corrected chi connectivity index (χ0v) is 11.1. The summed E-state index contributed by atoms with van der Waals surface area (Å²) >= 11 is 0. The van der Waals surface area contributed by atoms with Crippen molar-refractivity contribution in [3.8, 4) is 5.75 Å². The molecular weight excluding hydrogens is 242 g/mol. The van der Waals surface area contributed by atoms with Gasteiger partial charge in [0, 0.05) is 19.0 Å². The first-order chi connectivity index (χ1) is 9.09. The van der Waals surface area contributed by atoms with Crippen LogP contribution >= 0.6 is 0 Å². The van der Waals surface area contributed by atoms with Crippen LogP contribution in [0.25, 0.3) is 0 Å². The van der Waals surface area contributed by atoms with Crippen molar-refractivity contribution < 1.29 is 14.7 Å². The molecule has 0 aliphatic carbocycles. The van der Waals surface area contributed by atoms with Crippen molar-refractivity contribution in [2.75, 3.05) is 6.54 Å². The molecule has 4 nitrogen and oxygen atoms in total. The summed E-state index contributed by atoms with van der Waals surface area (Å²) in [6.07, 6.45) is 3.26. The minimum Gasteiger partial charge on any atom is -0.507 e. The zero-order chi connectivity index (χ0) is 13.8. The third-order valence-electron chi connectivity index (χ3n) is 3.55. The third-order valence-corrected chi connectivity index (χ3v) is 3.55. The molecule has 1 aliphatic heterocycles. The van der Waals surface area contributed by atoms with E-state index in [-0.39, 0.29) is 23.5 Å². The number of piperidine rings is 1. The van der Waals surface area contributed by atoms with Gasteiger partial charge in [0.05, 0.1) is 5.56 Å². The van der Waals surface area contributed by atoms with Crippen LogP contribution in [0.2, 0.25) is 0 Å². The van der Waals surface area contributed by atoms with Gasteiger partial charge in [0.2, 0.25) is 0 Å². The van der Waals surface area contributed by atoms with Gasteiger partial charge in [0.25, 0.3) is 5.91 Å². The number of carbonyl (C=O) groups excluding carboxylic acids is 2. The number of nitrogens with zero attached hydrogens (tertiary/aromatic N) is 1. The van der Waals surface area contributed by atoms with Gasteiger partial charge in [-0.25, -0.2) is 0 Å². The van der Waals surface area contributed by atoms with Crippen molar-refractivity contribution in [2.24, 2.45) is 0 Å². The quantitative estimate of drug-likeness (QED) is 0.908. The summed E-state index contributed by atoms with van der Waals surface area (Å²) in [7, 11) is 0. The molecule has 1 atom stereocenters. The summed E-state index contributed by atoms with van der Waals surface area (Å²) in [4.78, 5) is 25.5. The van der Waals surface area contributed by atoms with E-state index in [1.54, 1.807) is 30.0 Å². The second-order valence-corrected chi connectivity index (χ2v) is 5.07. The Labute approximate surface area is 113 Å². The predicted molar refractivity (Wildman–Crippen MR) is 72.1 cm³/mol. The lowest BCUT2D eigenvalue weighted by molar-refractivity contribution is -0.118. The molecule has 2 rings (SSSR count). The number of ketones is 1. The Morgan fingerprint density at radius 1 is 1.32 bits per heavy atom. The number of likely N-dealkylation sites (tertiary alicyclic amines) is 1. The Morgan fingerprint density at radius 2 is 2.05 bits per heavy atom. The number of phenols is 1. The monoisotopic (exact) mass is 261 g/mol. The first kappa shape index (κ1) is 13.6. The Morgan fingerprint density at radius 3 is 2.74 bits per heavy atom. The van der Waals surface area contributed by atoms with Crippen LogP contribution in [0.15, 0.2) is 24.3 Å². The average Bonchev–Trinajstić information content (AvgIpc) is 2.38. The van der Waals surface area contributed by atoms with Crippen LogP contribution in [-0.4, -0.2) is 34.3 Å². The number of para-hydroxylation sites is 1. The molecule has 1 aliphatic rings. The van der Waals surface area contributed by atoms with E-state index < -0.39 is 0 Å². The van der Waals surface area contributed by atoms with Crippen LogP contribution in [0.3, 0.4) is 0 Å². The van der Waals surface area contributed by atoms with Crippen molar-refractivity contribution in [3.63, 3.8) is 0 Å². The van der Waals surface area contributed by atoms with E-state index in [4.69, 9.17) is 0 Å². The lowest BCUT2D eigenvalue weighted by Crippen LogP contribution is -2.44. The molecule has 0 aromatic heterocycles. The fourth-order valence-corrected chi connectivity index (χ4v) is 2.62. The van der Waals surface area contributed by atoms with E-state index in [1.807, 2.05) is 0 Å². The van der Waals surface area contributed by atoms with Crippen LogP contribution in [0.1, 0.15) is 43.0 Å². The van der Waals surface area contributed by atoms with E-state index in [9.17, 15) is 14.7 Å². The smallest absolute Gasteiger partial charge is 0.257 e. The van der Waals surface area contributed by atoms with Gasteiger partial charge in [-0.15, -0.1) is 0 Å². The molecule has 0 bridgehead atoms. The number of carbonyl (C=O) groups is 2. The second kappa shape index (κ2) is 5.87. The fourth-order valence-electron chi connectivity index (χ4n) is 2.62. The Balaban J connectivity index is 2.20. The molecule has 1 amide bonds. The SMILES string of the molecule is CC(=O)CC1CCCCN1C(=O)c1ccccc1O. The second-order valence-electron chi connectivity index (χ2n) is 5.07. The van der Waals surface area contributed by atoms with Crippen molar-refractivity contribution >= 4 is 11.7 Å². The summed E-state index contributed by atoms with van der Waals surface area (Å²) in [5.74, 6) is -0.0781. The average molecular weight is 261 g/mol. The third kappa shape index (κ3) is 3.13. The highest BCUT2D eigenvalue weighted by Gasteiger charge is 2.29. The number of hydrogen-bond acceptors (Lipinski definition) is 3. The van der Waals surface area contributed by atoms with Crippen molar-refractivity contribution in [2.45, 2.75) is 38.6 Å². The lowest BCUT2D eigenvalue weighted by atomic mass is 9.96. The molecule has 0 saturated carbocycles. The zero-order valence-electron chi connectivity index (χ0n) is 11.1. The highest BCUT2D eigenvalue weighted by molar-refractivity contribution is 5.97. The van der Waals surface area contributed by atoms with Gasteiger partial charge in [0.15, 0.2) is 0 Å². The number of amides is 1. The molecule has 4 heteroatoms. The number of rotatable bonds is 3. The van der Waals surface area contributed by atoms with Gasteiger partial charge in [-0.1, -0.05) is 12.1 Å². The molecule has 1 aromatic carbocycles. The van der Waals surface area contributed by atoms with Gasteiger partial charge in [-0.05, 0) is 38.3 Å². The molecule has 1 N–H and O–H groups in total. The van der Waals surface area contributed by atoms with Crippen molar-refractivity contribution in [3.05, 3.63) is 29.8 Å². The van der Waals surface area contributed by atoms with Crippen LogP contribution in [0, 0.1) is 0 Å². The Bertz CT molecular complexity index is 484. The first-order valence-corrected chi connectivity index (χ1v) is 6.68. The van der Waals surface area contributed by atoms with Crippen LogP contribution in [-0.2, 0) is 4.79 Å².